The Balaban J connectivity index is 0.995. The molecule has 6 rings (SSSR count). The van der Waals surface area contributed by atoms with Crippen LogP contribution in [0.2, 0.25) is 0 Å². The molecule has 8 nitrogen and oxygen atoms in total. The Morgan fingerprint density at radius 3 is 1.26 bits per heavy atom. The summed E-state index contributed by atoms with van der Waals surface area (Å²) in [6, 6.07) is 14.6. The van der Waals surface area contributed by atoms with Crippen LogP contribution in [0.4, 0.5) is 11.4 Å². The zero-order valence-electron chi connectivity index (χ0n) is 24.1. The minimum absolute atomic E-state index is 0.107. The highest BCUT2D eigenvalue weighted by Crippen LogP contribution is 2.33. The molecular formula is C34H40N4O4. The minimum Gasteiger partial charge on any atom is -0.330 e. The monoisotopic (exact) mass is 568 g/mol. The summed E-state index contributed by atoms with van der Waals surface area (Å²) < 4.78 is 0. The third kappa shape index (κ3) is 6.13. The van der Waals surface area contributed by atoms with Gasteiger partial charge in [0.15, 0.2) is 0 Å². The fourth-order valence-electron chi connectivity index (χ4n) is 6.38. The first-order chi connectivity index (χ1) is 20.5. The Morgan fingerprint density at radius 2 is 0.929 bits per heavy atom. The van der Waals surface area contributed by atoms with Gasteiger partial charge in [-0.3, -0.25) is 19.2 Å². The minimum atomic E-state index is -0.377. The Labute approximate surface area is 247 Å². The van der Waals surface area contributed by atoms with Gasteiger partial charge < -0.3 is 20.4 Å². The number of amides is 4. The van der Waals surface area contributed by atoms with Crippen molar-refractivity contribution in [1.82, 2.24) is 9.80 Å². The van der Waals surface area contributed by atoms with Crippen LogP contribution in [0, 0.1) is 11.8 Å². The number of benzene rings is 2. The number of carbonyl (C=O) groups is 4. The van der Waals surface area contributed by atoms with Gasteiger partial charge in [0.2, 0.25) is 23.6 Å². The predicted octanol–water partition coefficient (Wildman–Crippen LogP) is 5.32. The number of rotatable bonds is 8. The number of nitrogens with zero attached hydrogens (tertiary/aromatic N) is 2. The molecule has 220 valence electrons. The topological polar surface area (TPSA) is 98.8 Å². The Bertz CT molecular complexity index is 1240. The molecule has 8 heteroatoms. The maximum Gasteiger partial charge on any atom is 0.247 e. The molecule has 2 aliphatic carbocycles. The second-order valence-corrected chi connectivity index (χ2v) is 12.2. The molecule has 2 saturated heterocycles. The lowest BCUT2D eigenvalue weighted by Gasteiger charge is -2.32. The molecule has 2 aromatic rings. The SMILES string of the molecule is O=C(Nc1ccc(C=Cc2ccc(NC(=O)[C@@H]3CCCN3C(=O)C3CCC3)cc2)cc1)[C@@H]1CCCN1C(=O)C1CCC1. The maximum absolute atomic E-state index is 12.9. The maximum atomic E-state index is 12.9. The number of carbonyl (C=O) groups excluding carboxylic acids is 4. The Hall–Kier alpha value is -3.94. The van der Waals surface area contributed by atoms with E-state index in [-0.39, 0.29) is 47.5 Å². The Kier molecular flexibility index (Phi) is 8.40. The highest BCUT2D eigenvalue weighted by atomic mass is 16.2. The van der Waals surface area contributed by atoms with E-state index in [4.69, 9.17) is 0 Å². The van der Waals surface area contributed by atoms with Crippen LogP contribution in [0.1, 0.15) is 75.3 Å². The largest absolute Gasteiger partial charge is 0.330 e. The molecule has 2 atom stereocenters. The molecule has 42 heavy (non-hydrogen) atoms. The number of hydrogen-bond donors (Lipinski definition) is 2. The smallest absolute Gasteiger partial charge is 0.247 e. The molecule has 0 aromatic heterocycles. The van der Waals surface area contributed by atoms with Crippen LogP contribution >= 0.6 is 0 Å². The van der Waals surface area contributed by atoms with Gasteiger partial charge in [-0.1, -0.05) is 49.3 Å². The number of hydrogen-bond acceptors (Lipinski definition) is 4. The average Bonchev–Trinajstić information content (AvgIpc) is 3.62. The number of anilines is 2. The van der Waals surface area contributed by atoms with E-state index in [1.807, 2.05) is 60.7 Å². The summed E-state index contributed by atoms with van der Waals surface area (Å²) >= 11 is 0. The summed E-state index contributed by atoms with van der Waals surface area (Å²) in [6.45, 7) is 1.34. The predicted molar refractivity (Wildman–Crippen MR) is 163 cm³/mol. The van der Waals surface area contributed by atoms with E-state index in [1.165, 1.54) is 0 Å². The van der Waals surface area contributed by atoms with Gasteiger partial charge >= 0.3 is 0 Å². The number of nitrogens with one attached hydrogen (secondary N) is 2. The molecule has 0 bridgehead atoms. The van der Waals surface area contributed by atoms with Crippen LogP contribution in [0.5, 0.6) is 0 Å². The first-order valence-corrected chi connectivity index (χ1v) is 15.6. The molecule has 2 aromatic carbocycles. The van der Waals surface area contributed by atoms with Crippen molar-refractivity contribution < 1.29 is 19.2 Å². The zero-order chi connectivity index (χ0) is 29.1. The molecule has 2 heterocycles. The molecule has 0 radical (unpaired) electrons. The van der Waals surface area contributed by atoms with Crippen LogP contribution in [0.3, 0.4) is 0 Å². The van der Waals surface area contributed by atoms with Gasteiger partial charge in [0, 0.05) is 36.3 Å². The lowest BCUT2D eigenvalue weighted by atomic mass is 9.84. The second kappa shape index (κ2) is 12.5. The van der Waals surface area contributed by atoms with E-state index in [0.29, 0.717) is 25.9 Å². The Morgan fingerprint density at radius 1 is 0.548 bits per heavy atom. The third-order valence-corrected chi connectivity index (χ3v) is 9.41. The van der Waals surface area contributed by atoms with Crippen LogP contribution < -0.4 is 10.6 Å². The first kappa shape index (κ1) is 28.2. The zero-order valence-corrected chi connectivity index (χ0v) is 24.1. The van der Waals surface area contributed by atoms with Crippen molar-refractivity contribution in [2.45, 2.75) is 76.3 Å². The van der Waals surface area contributed by atoms with Crippen LogP contribution in [0.15, 0.2) is 48.5 Å². The lowest BCUT2D eigenvalue weighted by Crippen LogP contribution is -2.46. The van der Waals surface area contributed by atoms with Crippen molar-refractivity contribution in [3.8, 4) is 0 Å². The van der Waals surface area contributed by atoms with Crippen molar-refractivity contribution in [3.63, 3.8) is 0 Å². The van der Waals surface area contributed by atoms with Gasteiger partial charge in [-0.05, 0) is 86.8 Å². The van der Waals surface area contributed by atoms with Gasteiger partial charge in [0.1, 0.15) is 12.1 Å². The average molecular weight is 569 g/mol. The third-order valence-electron chi connectivity index (χ3n) is 9.41. The fraction of sp³-hybridized carbons (Fsp3) is 0.471. The van der Waals surface area contributed by atoms with Crippen LogP contribution in [-0.2, 0) is 19.2 Å². The van der Waals surface area contributed by atoms with Gasteiger partial charge in [-0.25, -0.2) is 0 Å². The molecule has 2 N–H and O–H groups in total. The van der Waals surface area contributed by atoms with Gasteiger partial charge in [0.25, 0.3) is 0 Å². The molecule has 2 saturated carbocycles. The summed E-state index contributed by atoms with van der Waals surface area (Å²) in [6.07, 6.45) is 13.2. The highest BCUT2D eigenvalue weighted by molar-refractivity contribution is 5.99. The summed E-state index contributed by atoms with van der Waals surface area (Å²) in [4.78, 5) is 54.9. The van der Waals surface area contributed by atoms with E-state index < -0.39 is 0 Å². The van der Waals surface area contributed by atoms with Crippen LogP contribution in [0.25, 0.3) is 12.2 Å². The summed E-state index contributed by atoms with van der Waals surface area (Å²) in [5, 5.41) is 5.99. The molecule has 2 aliphatic heterocycles. The highest BCUT2D eigenvalue weighted by Gasteiger charge is 2.40. The van der Waals surface area contributed by atoms with E-state index in [1.54, 1.807) is 9.80 Å². The molecule has 4 fully saturated rings. The van der Waals surface area contributed by atoms with Crippen molar-refractivity contribution in [2.24, 2.45) is 11.8 Å². The molecule has 0 spiro atoms. The summed E-state index contributed by atoms with van der Waals surface area (Å²) in [5.74, 6) is 0.283. The summed E-state index contributed by atoms with van der Waals surface area (Å²) in [7, 11) is 0. The number of likely N-dealkylation sites (tertiary alicyclic amines) is 2. The van der Waals surface area contributed by atoms with Crippen molar-refractivity contribution in [1.29, 1.82) is 0 Å². The van der Waals surface area contributed by atoms with Gasteiger partial charge in [0.05, 0.1) is 0 Å². The second-order valence-electron chi connectivity index (χ2n) is 12.2. The van der Waals surface area contributed by atoms with Crippen molar-refractivity contribution in [3.05, 3.63) is 59.7 Å². The van der Waals surface area contributed by atoms with Gasteiger partial charge in [-0.15, -0.1) is 0 Å². The quantitative estimate of drug-likeness (QED) is 0.422. The lowest BCUT2D eigenvalue weighted by molar-refractivity contribution is -0.142. The van der Waals surface area contributed by atoms with Crippen molar-refractivity contribution >= 4 is 47.2 Å². The fourth-order valence-corrected chi connectivity index (χ4v) is 6.38. The van der Waals surface area contributed by atoms with Crippen LogP contribution in [-0.4, -0.2) is 58.6 Å². The molecular weight excluding hydrogens is 528 g/mol. The van der Waals surface area contributed by atoms with Crippen molar-refractivity contribution in [2.75, 3.05) is 23.7 Å². The van der Waals surface area contributed by atoms with E-state index in [2.05, 4.69) is 10.6 Å². The normalized spacial score (nSPS) is 22.6. The first-order valence-electron chi connectivity index (χ1n) is 15.6. The van der Waals surface area contributed by atoms with E-state index in [9.17, 15) is 19.2 Å². The molecule has 4 amide bonds. The van der Waals surface area contributed by atoms with Gasteiger partial charge in [-0.2, -0.15) is 0 Å². The van der Waals surface area contributed by atoms with E-state index >= 15 is 0 Å². The standard InChI is InChI=1S/C34H40N4O4/c39-31(29-9-3-21-37(29)33(41)25-5-1-6-25)35-27-17-13-23(14-18-27)11-12-24-15-19-28(20-16-24)36-32(40)30-10-4-22-38(30)34(42)26-7-2-8-26/h11-20,25-26,29-30H,1-10,21-22H2,(H,35,39)(H,36,40)/t29-,30-/m0/s1. The molecule has 4 aliphatic rings. The summed E-state index contributed by atoms with van der Waals surface area (Å²) in [5.41, 5.74) is 3.42. The van der Waals surface area contributed by atoms with E-state index in [0.717, 1.165) is 73.9 Å². The molecule has 0 unspecified atom stereocenters.